The van der Waals surface area contributed by atoms with Crippen LogP contribution >= 0.6 is 82.0 Å². The number of thiocarbonyl (C=S) groups is 1. The zero-order valence-electron chi connectivity index (χ0n) is 63.1. The maximum absolute atomic E-state index is 11.9. The summed E-state index contributed by atoms with van der Waals surface area (Å²) < 4.78 is 8.30. The Hall–Kier alpha value is -9.36. The molecule has 0 aliphatic heterocycles. The molecular weight excluding hydrogens is 1650 g/mol. The van der Waals surface area contributed by atoms with Gasteiger partial charge in [0, 0.05) is 78.2 Å². The zero-order chi connectivity index (χ0) is 80.6. The number of Topliss-reactive ketones (excluding diaryl/α,β-unsaturated/α-hetero) is 1. The number of carbonyl (C=O) groups is 3. The van der Waals surface area contributed by atoms with Gasteiger partial charge >= 0.3 is 18.9 Å². The van der Waals surface area contributed by atoms with Gasteiger partial charge < -0.3 is 49.7 Å². The van der Waals surface area contributed by atoms with Crippen LogP contribution in [0.4, 0.5) is 23.0 Å². The second-order valence-electron chi connectivity index (χ2n) is 25.6. The van der Waals surface area contributed by atoms with Crippen LogP contribution in [0.1, 0.15) is 126 Å². The fourth-order valence-electron chi connectivity index (χ4n) is 8.64. The summed E-state index contributed by atoms with van der Waals surface area (Å²) in [5.41, 5.74) is 12.2. The third-order valence-corrected chi connectivity index (χ3v) is 17.2. The largest absolute Gasteiger partial charge is 1.00 e. The maximum atomic E-state index is 11.9. The number of carbonyl (C=O) groups excluding carboxylic acids is 3. The van der Waals surface area contributed by atoms with Gasteiger partial charge in [0.2, 0.25) is 17.0 Å². The number of H-pyrrole nitrogens is 1. The van der Waals surface area contributed by atoms with Gasteiger partial charge in [-0.15, -0.1) is 15.9 Å². The van der Waals surface area contributed by atoms with Crippen molar-refractivity contribution in [2.24, 2.45) is 34.2 Å². The van der Waals surface area contributed by atoms with Gasteiger partial charge in [0.15, 0.2) is 44.8 Å². The number of halogens is 3. The van der Waals surface area contributed by atoms with E-state index in [0.717, 1.165) is 68.6 Å². The van der Waals surface area contributed by atoms with E-state index in [1.165, 1.54) is 49.1 Å². The molecule has 2 amide bonds. The van der Waals surface area contributed by atoms with Crippen molar-refractivity contribution in [2.45, 2.75) is 127 Å². The van der Waals surface area contributed by atoms with Crippen molar-refractivity contribution in [2.75, 3.05) is 10.6 Å². The molecule has 12 aromatic rings. The Balaban J connectivity index is 0.000000346. The number of nitro benzene ring substituents is 1. The standard InChI is InChI=1S/C19H19N7O2S.C10H9IN4O.C9H11N3OS.C9H14N2O.C8H10ClNO.C7H6ClNO.C7H4N2O2S.C3H4.CH3.Li.H4N2.H2O/c1-19(2,28)12-5-6-15-22-23-18(25(15)9-12)29-16-8-7-14-20-13(10-26(14)24-16)21-17(27)11-3-4-11;11-7-3-4-9-12-8(5-15(9)14-7)13-10(16)6-1-2-6;1-9(2,13)6-3-4-7-10-11-8(14)12(7)5-6;1-9(2,12)7-3-4-8(5-10)11-6-7;1-8(2,11)6-3-4-7(9)10-5-6;1-5(10)6-2-3-7(8)9-4-6;10-9(11)7-3-1-6(2-4-7)8-5-12;1-3-2;;;1-2;/h5-11,28H,3-4H2,1-2H3,(H,21,27);3-6H,1-2H2,(H,13,16);3-5,13H,1-2H3,(H,11,14);3-4,6,12H,5,10H2,1-2H3;3-5,11H,1-2H3;2-4H,1H3;1-4H;1-2H2;1H3;;1-2H2;1H2/q;;;;;;;;-1;+1;;. The predicted octanol–water partition coefficient (Wildman–Crippen LogP) is 9.20. The van der Waals surface area contributed by atoms with Crippen LogP contribution in [0, 0.1) is 37.8 Å². The van der Waals surface area contributed by atoms with E-state index in [0.29, 0.717) is 66.0 Å². The molecule has 39 heteroatoms. The number of nitro groups is 1. The number of amides is 2. The molecule has 11 heterocycles. The number of imidazole rings is 2. The molecule has 2 saturated carbocycles. The van der Waals surface area contributed by atoms with Gasteiger partial charge in [-0.3, -0.25) is 55.1 Å². The van der Waals surface area contributed by atoms with Crippen LogP contribution in [0.3, 0.4) is 0 Å². The summed E-state index contributed by atoms with van der Waals surface area (Å²) in [5.74, 6) is 9.47. The monoisotopic (exact) mass is 1730 g/mol. The number of hydrogen-bond donors (Lipinski definition) is 10. The topological polar surface area (TPSA) is 484 Å². The SMILES string of the molecule is C=C=C.CC(=O)c1ccc(Cl)nc1.CC(C)(O)c1ccc(CN)nc1.CC(C)(O)c1ccc(Cl)nc1.CC(C)(O)c1ccc2n[nH]c(=S)n2c1.CC(C)(O)c1ccc2nnc(Sc3ccc4nc(NC(=O)C5CC5)cn4n3)n2c1.NN.O.O=C(Nc1cn2nc(I)ccc2n1)C1CC1.O=[N+]([O-])c1ccc(N=C=S)cc1.[CH3-].[Li+]. The third kappa shape index (κ3) is 31.0. The first-order valence-corrected chi connectivity index (χ1v) is 36.3. The van der Waals surface area contributed by atoms with E-state index in [-0.39, 0.29) is 66.9 Å². The number of aromatic nitrogens is 15. The van der Waals surface area contributed by atoms with Crippen molar-refractivity contribution in [1.82, 2.24) is 73.3 Å². The maximum Gasteiger partial charge on any atom is 1.00 e. The van der Waals surface area contributed by atoms with Crippen molar-refractivity contribution in [3.8, 4) is 0 Å². The fourth-order valence-corrected chi connectivity index (χ4v) is 10.3. The number of nitrogens with one attached hydrogen (secondary N) is 3. The Morgan fingerprint density at radius 3 is 1.56 bits per heavy atom. The summed E-state index contributed by atoms with van der Waals surface area (Å²) in [7, 11) is 0. The summed E-state index contributed by atoms with van der Waals surface area (Å²) in [6, 6.07) is 30.9. The summed E-state index contributed by atoms with van der Waals surface area (Å²) in [6.45, 7) is 22.0. The number of fused-ring (bicyclic) bond motifs is 4. The van der Waals surface area contributed by atoms with Crippen LogP contribution in [0.15, 0.2) is 187 Å². The van der Waals surface area contributed by atoms with Crippen LogP contribution in [0.2, 0.25) is 10.3 Å². The van der Waals surface area contributed by atoms with Crippen LogP contribution in [-0.2, 0) is 38.5 Å². The molecule has 1 aromatic carbocycles. The normalized spacial score (nSPS) is 11.8. The second-order valence-corrected chi connectivity index (χ2v) is 29.1. The molecule has 0 saturated heterocycles. The van der Waals surface area contributed by atoms with Crippen molar-refractivity contribution >= 4 is 150 Å². The molecule has 0 bridgehead atoms. The quantitative estimate of drug-likeness (QED) is 0.00414. The van der Waals surface area contributed by atoms with Crippen LogP contribution in [0.25, 0.3) is 22.6 Å². The minimum atomic E-state index is -0.963. The number of nitrogens with two attached hydrogens (primary N) is 3. The minimum absolute atomic E-state index is 0. The van der Waals surface area contributed by atoms with E-state index in [9.17, 15) is 44.9 Å². The number of aliphatic hydroxyl groups is 4. The van der Waals surface area contributed by atoms with Gasteiger partial charge in [0.1, 0.15) is 19.0 Å². The van der Waals surface area contributed by atoms with Gasteiger partial charge in [0.25, 0.3) is 5.69 Å². The van der Waals surface area contributed by atoms with E-state index in [2.05, 4.69) is 142 Å². The van der Waals surface area contributed by atoms with Crippen molar-refractivity contribution in [3.05, 3.63) is 241 Å². The molecule has 0 atom stereocenters. The average Bonchev–Trinajstić information content (AvgIpc) is 1.50. The number of non-ortho nitro benzene ring substituents is 1. The number of nitrogens with zero attached hydrogens (tertiary/aromatic N) is 16. The molecule has 32 nitrogen and oxygen atoms in total. The molecule has 14 rings (SSSR count). The fraction of sp³-hybridized carbons (Fsp3) is 0.274. The summed E-state index contributed by atoms with van der Waals surface area (Å²) >= 11 is 24.0. The van der Waals surface area contributed by atoms with Crippen LogP contribution < -0.4 is 46.9 Å². The van der Waals surface area contributed by atoms with Gasteiger partial charge in [-0.25, -0.2) is 29.0 Å². The average molecular weight is 1730 g/mol. The first-order chi connectivity index (χ1) is 51.5. The number of pyridine rings is 5. The molecule has 588 valence electrons. The Bertz CT molecular complexity index is 5180. The number of aliphatic imine (C=N–C) groups is 1. The predicted molar refractivity (Wildman–Crippen MR) is 441 cm³/mol. The van der Waals surface area contributed by atoms with Crippen molar-refractivity contribution in [3.63, 3.8) is 0 Å². The molecule has 112 heavy (non-hydrogen) atoms. The van der Waals surface area contributed by atoms with E-state index in [1.807, 2.05) is 71.3 Å². The number of anilines is 2. The molecule has 2 aliphatic carbocycles. The number of isothiocyanates is 1. The zero-order valence-corrected chi connectivity index (χ0v) is 69.2. The van der Waals surface area contributed by atoms with E-state index < -0.39 is 27.3 Å². The number of rotatable bonds is 14. The van der Waals surface area contributed by atoms with Crippen LogP contribution in [0.5, 0.6) is 0 Å². The van der Waals surface area contributed by atoms with Gasteiger partial charge in [0.05, 0.1) is 56.3 Å². The molecule has 2 fully saturated rings. The number of hydrazine groups is 1. The molecule has 0 spiro atoms. The number of hydrogen-bond acceptors (Lipinski definition) is 26. The Morgan fingerprint density at radius 2 is 1.12 bits per heavy atom. The summed E-state index contributed by atoms with van der Waals surface area (Å²) in [4.78, 5) is 67.9. The van der Waals surface area contributed by atoms with Gasteiger partial charge in [-0.1, -0.05) is 60.6 Å². The Labute approximate surface area is 695 Å². The van der Waals surface area contributed by atoms with Gasteiger partial charge in [-0.2, -0.15) is 20.3 Å². The van der Waals surface area contributed by atoms with Gasteiger partial charge in [-0.05, 0) is 231 Å². The molecule has 11 aromatic heterocycles. The third-order valence-electron chi connectivity index (χ3n) is 14.9. The molecule has 0 unspecified atom stereocenters. The molecular formula is C73H86Cl2ILiN22O10S3. The number of ketones is 1. The smallest absolute Gasteiger partial charge is 0.412 e. The minimum Gasteiger partial charge on any atom is -0.412 e. The van der Waals surface area contributed by atoms with Crippen molar-refractivity contribution in [1.29, 1.82) is 0 Å². The molecule has 0 radical (unpaired) electrons. The molecule has 15 N–H and O–H groups in total. The summed E-state index contributed by atoms with van der Waals surface area (Å²) in [5, 5.41) is 83.3. The number of aromatic amines is 1. The van der Waals surface area contributed by atoms with E-state index >= 15 is 0 Å². The first kappa shape index (κ1) is 96.8. The second kappa shape index (κ2) is 44.8. The molecule has 2 aliphatic rings. The van der Waals surface area contributed by atoms with Crippen molar-refractivity contribution < 1.29 is 64.1 Å². The van der Waals surface area contributed by atoms with E-state index in [1.54, 1.807) is 124 Å². The van der Waals surface area contributed by atoms with Crippen LogP contribution in [-0.4, -0.2) is 127 Å². The Kier molecular flexibility index (Phi) is 38.7. The summed E-state index contributed by atoms with van der Waals surface area (Å²) in [6.07, 6.45) is 15.6. The first-order valence-electron chi connectivity index (χ1n) is 32.8. The van der Waals surface area contributed by atoms with E-state index in [4.69, 9.17) is 41.2 Å². The Morgan fingerprint density at radius 1 is 0.670 bits per heavy atom. The number of benzene rings is 1.